The van der Waals surface area contributed by atoms with Crippen molar-refractivity contribution < 1.29 is 4.79 Å². The van der Waals surface area contributed by atoms with Crippen LogP contribution in [0.3, 0.4) is 0 Å². The average molecular weight is 231 g/mol. The first kappa shape index (κ1) is 17.8. The molecule has 0 aliphatic heterocycles. The normalized spacial score (nSPS) is 9.62. The standard InChI is InChI=1S/C6H14N2O.C6H15N/c1-6(9)8-5-3-4-7-2;1-4-5-7-6(2)3/h7H,3-5H2,1-2H3,(H,8,9);6-7H,4-5H2,1-3H3. The third-order valence-electron chi connectivity index (χ3n) is 1.78. The summed E-state index contributed by atoms with van der Waals surface area (Å²) in [5.74, 6) is 0.0473. The van der Waals surface area contributed by atoms with Crippen molar-refractivity contribution in [3.8, 4) is 0 Å². The Labute approximate surface area is 101 Å². The maximum atomic E-state index is 10.3. The molecule has 0 spiro atoms. The van der Waals surface area contributed by atoms with E-state index in [2.05, 4.69) is 36.7 Å². The average Bonchev–Trinajstić information content (AvgIpc) is 2.22. The van der Waals surface area contributed by atoms with Gasteiger partial charge in [0.2, 0.25) is 5.91 Å². The Morgan fingerprint density at radius 2 is 1.81 bits per heavy atom. The van der Waals surface area contributed by atoms with Crippen LogP contribution in [0.5, 0.6) is 0 Å². The summed E-state index contributed by atoms with van der Waals surface area (Å²) in [7, 11) is 1.90. The van der Waals surface area contributed by atoms with Crippen LogP contribution in [0.4, 0.5) is 0 Å². The molecule has 0 aromatic carbocycles. The van der Waals surface area contributed by atoms with Gasteiger partial charge >= 0.3 is 0 Å². The highest BCUT2D eigenvalue weighted by Gasteiger charge is 1.87. The van der Waals surface area contributed by atoms with Crippen LogP contribution in [0.25, 0.3) is 0 Å². The first-order chi connectivity index (χ1) is 7.54. The van der Waals surface area contributed by atoms with Gasteiger partial charge in [0.05, 0.1) is 0 Å². The number of amides is 1. The molecular formula is C12H29N3O. The number of hydrogen-bond donors (Lipinski definition) is 3. The molecule has 3 N–H and O–H groups in total. The summed E-state index contributed by atoms with van der Waals surface area (Å²) < 4.78 is 0. The van der Waals surface area contributed by atoms with E-state index in [1.807, 2.05) is 7.05 Å². The topological polar surface area (TPSA) is 53.2 Å². The molecule has 0 aromatic rings. The number of carbonyl (C=O) groups is 1. The highest BCUT2D eigenvalue weighted by molar-refractivity contribution is 5.72. The van der Waals surface area contributed by atoms with Gasteiger partial charge in [0.1, 0.15) is 0 Å². The van der Waals surface area contributed by atoms with Crippen molar-refractivity contribution in [3.05, 3.63) is 0 Å². The van der Waals surface area contributed by atoms with Gasteiger partial charge in [-0.25, -0.2) is 0 Å². The highest BCUT2D eigenvalue weighted by atomic mass is 16.1. The van der Waals surface area contributed by atoms with Crippen LogP contribution < -0.4 is 16.0 Å². The van der Waals surface area contributed by atoms with Gasteiger partial charge in [-0.05, 0) is 33.0 Å². The zero-order valence-corrected chi connectivity index (χ0v) is 11.5. The van der Waals surface area contributed by atoms with Crippen LogP contribution in [-0.4, -0.2) is 38.6 Å². The number of nitrogens with one attached hydrogen (secondary N) is 3. The van der Waals surface area contributed by atoms with Crippen LogP contribution in [0.15, 0.2) is 0 Å². The molecule has 0 unspecified atom stereocenters. The maximum absolute atomic E-state index is 10.3. The van der Waals surface area contributed by atoms with Crippen molar-refractivity contribution in [2.24, 2.45) is 0 Å². The predicted octanol–water partition coefficient (Wildman–Crippen LogP) is 1.13. The monoisotopic (exact) mass is 231 g/mol. The van der Waals surface area contributed by atoms with Crippen molar-refractivity contribution in [2.75, 3.05) is 26.7 Å². The van der Waals surface area contributed by atoms with Crippen LogP contribution in [0, 0.1) is 0 Å². The summed E-state index contributed by atoms with van der Waals surface area (Å²) in [5.41, 5.74) is 0. The Balaban J connectivity index is 0. The fourth-order valence-corrected chi connectivity index (χ4v) is 0.963. The molecule has 0 aromatic heterocycles. The fraction of sp³-hybridized carbons (Fsp3) is 0.917. The molecule has 0 radical (unpaired) electrons. The Morgan fingerprint density at radius 3 is 2.12 bits per heavy atom. The molecule has 0 saturated carbocycles. The van der Waals surface area contributed by atoms with Gasteiger partial charge in [-0.2, -0.15) is 0 Å². The minimum absolute atomic E-state index is 0.0473. The molecular weight excluding hydrogens is 202 g/mol. The Hall–Kier alpha value is -0.610. The van der Waals surface area contributed by atoms with Crippen molar-refractivity contribution in [3.63, 3.8) is 0 Å². The van der Waals surface area contributed by atoms with Crippen molar-refractivity contribution in [2.45, 2.75) is 46.6 Å². The Kier molecular flexibility index (Phi) is 16.0. The molecule has 0 bridgehead atoms. The molecule has 0 aliphatic carbocycles. The van der Waals surface area contributed by atoms with E-state index in [9.17, 15) is 4.79 Å². The number of carbonyl (C=O) groups excluding carboxylic acids is 1. The summed E-state index contributed by atoms with van der Waals surface area (Å²) in [5, 5.41) is 8.99. The van der Waals surface area contributed by atoms with E-state index in [-0.39, 0.29) is 5.91 Å². The molecule has 0 rings (SSSR count). The Morgan fingerprint density at radius 1 is 1.19 bits per heavy atom. The third kappa shape index (κ3) is 23.3. The second-order valence-electron chi connectivity index (χ2n) is 4.05. The van der Waals surface area contributed by atoms with Gasteiger partial charge < -0.3 is 16.0 Å². The minimum atomic E-state index is 0.0473. The molecule has 0 saturated heterocycles. The minimum Gasteiger partial charge on any atom is -0.356 e. The first-order valence-electron chi connectivity index (χ1n) is 6.17. The second kappa shape index (κ2) is 14.4. The molecule has 0 fully saturated rings. The van der Waals surface area contributed by atoms with Gasteiger partial charge in [0.25, 0.3) is 0 Å². The second-order valence-corrected chi connectivity index (χ2v) is 4.05. The lowest BCUT2D eigenvalue weighted by Crippen LogP contribution is -2.23. The lowest BCUT2D eigenvalue weighted by Gasteiger charge is -2.03. The lowest BCUT2D eigenvalue weighted by atomic mass is 10.4. The van der Waals surface area contributed by atoms with Crippen LogP contribution in [0.2, 0.25) is 0 Å². The fourth-order valence-electron chi connectivity index (χ4n) is 0.963. The van der Waals surface area contributed by atoms with E-state index in [1.54, 1.807) is 0 Å². The summed E-state index contributed by atoms with van der Waals surface area (Å²) in [6.45, 7) is 10.9. The smallest absolute Gasteiger partial charge is 0.216 e. The van der Waals surface area contributed by atoms with Crippen LogP contribution >= 0.6 is 0 Å². The quantitative estimate of drug-likeness (QED) is 0.576. The molecule has 98 valence electrons. The SMILES string of the molecule is CCCNC(C)C.CNCCCNC(C)=O. The molecule has 4 heteroatoms. The van der Waals surface area contributed by atoms with Crippen molar-refractivity contribution >= 4 is 5.91 Å². The predicted molar refractivity (Wildman–Crippen MR) is 70.7 cm³/mol. The molecule has 0 atom stereocenters. The zero-order valence-electron chi connectivity index (χ0n) is 11.5. The summed E-state index contributed by atoms with van der Waals surface area (Å²) in [6, 6.07) is 0.653. The molecule has 4 nitrogen and oxygen atoms in total. The van der Waals surface area contributed by atoms with Gasteiger partial charge in [-0.1, -0.05) is 20.8 Å². The van der Waals surface area contributed by atoms with E-state index in [4.69, 9.17) is 0 Å². The van der Waals surface area contributed by atoms with Crippen molar-refractivity contribution in [1.82, 2.24) is 16.0 Å². The summed E-state index contributed by atoms with van der Waals surface area (Å²) in [6.07, 6.45) is 2.23. The first-order valence-corrected chi connectivity index (χ1v) is 6.17. The lowest BCUT2D eigenvalue weighted by molar-refractivity contribution is -0.118. The largest absolute Gasteiger partial charge is 0.356 e. The molecule has 0 heterocycles. The summed E-state index contributed by atoms with van der Waals surface area (Å²) >= 11 is 0. The van der Waals surface area contributed by atoms with Gasteiger partial charge in [0, 0.05) is 19.5 Å². The zero-order chi connectivity index (χ0) is 12.8. The van der Waals surface area contributed by atoms with Crippen LogP contribution in [-0.2, 0) is 4.79 Å². The molecule has 16 heavy (non-hydrogen) atoms. The van der Waals surface area contributed by atoms with E-state index < -0.39 is 0 Å². The van der Waals surface area contributed by atoms with E-state index in [0.29, 0.717) is 6.04 Å². The Bertz CT molecular complexity index is 149. The van der Waals surface area contributed by atoms with E-state index in [1.165, 1.54) is 13.3 Å². The van der Waals surface area contributed by atoms with Crippen molar-refractivity contribution in [1.29, 1.82) is 0 Å². The van der Waals surface area contributed by atoms with Gasteiger partial charge in [-0.3, -0.25) is 4.79 Å². The van der Waals surface area contributed by atoms with E-state index in [0.717, 1.165) is 26.1 Å². The third-order valence-corrected chi connectivity index (χ3v) is 1.78. The molecule has 0 aliphatic rings. The van der Waals surface area contributed by atoms with Crippen LogP contribution in [0.1, 0.15) is 40.5 Å². The molecule has 1 amide bonds. The summed E-state index contributed by atoms with van der Waals surface area (Å²) in [4.78, 5) is 10.3. The number of hydrogen-bond acceptors (Lipinski definition) is 3. The highest BCUT2D eigenvalue weighted by Crippen LogP contribution is 1.76. The maximum Gasteiger partial charge on any atom is 0.216 e. The van der Waals surface area contributed by atoms with Gasteiger partial charge in [-0.15, -0.1) is 0 Å². The van der Waals surface area contributed by atoms with E-state index >= 15 is 0 Å². The number of rotatable bonds is 7. The van der Waals surface area contributed by atoms with Gasteiger partial charge in [0.15, 0.2) is 0 Å².